The summed E-state index contributed by atoms with van der Waals surface area (Å²) in [6.45, 7) is 4.58. The smallest absolute Gasteiger partial charge is 0.0351 e. The molecule has 19 heavy (non-hydrogen) atoms. The van der Waals surface area contributed by atoms with Crippen LogP contribution in [-0.2, 0) is 0 Å². The van der Waals surface area contributed by atoms with Crippen molar-refractivity contribution in [2.45, 2.75) is 20.3 Å². The van der Waals surface area contributed by atoms with Gasteiger partial charge in [0, 0.05) is 5.92 Å². The molecule has 0 aromatic carbocycles. The highest BCUT2D eigenvalue weighted by molar-refractivity contribution is 5.68. The summed E-state index contributed by atoms with van der Waals surface area (Å²) in [4.78, 5) is 0. The van der Waals surface area contributed by atoms with Gasteiger partial charge in [-0.3, -0.25) is 0 Å². The van der Waals surface area contributed by atoms with E-state index in [-0.39, 0.29) is 0 Å². The molecule has 0 radical (unpaired) electrons. The molecule has 0 bridgehead atoms. The van der Waals surface area contributed by atoms with Crippen LogP contribution in [0.1, 0.15) is 20.3 Å². The van der Waals surface area contributed by atoms with Gasteiger partial charge in [-0.15, -0.1) is 0 Å². The summed E-state index contributed by atoms with van der Waals surface area (Å²) in [7, 11) is 0. The van der Waals surface area contributed by atoms with Crippen molar-refractivity contribution in [3.63, 3.8) is 0 Å². The lowest BCUT2D eigenvalue weighted by Gasteiger charge is -2.37. The number of hydrogen-bond acceptors (Lipinski definition) is 0. The quantitative estimate of drug-likeness (QED) is 0.622. The summed E-state index contributed by atoms with van der Waals surface area (Å²) in [6.07, 6.45) is 19.6. The van der Waals surface area contributed by atoms with Crippen molar-refractivity contribution in [2.24, 2.45) is 11.8 Å². The molecule has 0 saturated carbocycles. The fraction of sp³-hybridized carbons (Fsp3) is 0.263. The van der Waals surface area contributed by atoms with Gasteiger partial charge in [-0.2, -0.15) is 0 Å². The maximum atomic E-state index is 2.34. The molecule has 4 rings (SSSR count). The van der Waals surface area contributed by atoms with Gasteiger partial charge in [0.1, 0.15) is 0 Å². The van der Waals surface area contributed by atoms with Gasteiger partial charge in [-0.25, -0.2) is 0 Å². The Morgan fingerprint density at radius 3 is 2.74 bits per heavy atom. The van der Waals surface area contributed by atoms with Crippen LogP contribution in [-0.4, -0.2) is 0 Å². The van der Waals surface area contributed by atoms with Crippen LogP contribution in [0.5, 0.6) is 0 Å². The normalized spacial score (nSPS) is 26.8. The van der Waals surface area contributed by atoms with Gasteiger partial charge in [0.15, 0.2) is 0 Å². The summed E-state index contributed by atoms with van der Waals surface area (Å²) >= 11 is 0. The Morgan fingerprint density at radius 1 is 1.00 bits per heavy atom. The van der Waals surface area contributed by atoms with Crippen LogP contribution in [0.15, 0.2) is 82.0 Å². The molecule has 0 aromatic heterocycles. The lowest BCUT2D eigenvalue weighted by Crippen LogP contribution is -2.23. The fourth-order valence-electron chi connectivity index (χ4n) is 3.65. The van der Waals surface area contributed by atoms with Crippen LogP contribution in [0.25, 0.3) is 0 Å². The minimum absolute atomic E-state index is 0.493. The molecule has 0 heteroatoms. The highest BCUT2D eigenvalue weighted by Crippen LogP contribution is 2.48. The highest BCUT2D eigenvalue weighted by atomic mass is 14.4. The average Bonchev–Trinajstić information content (AvgIpc) is 2.44. The van der Waals surface area contributed by atoms with Crippen molar-refractivity contribution in [1.82, 2.24) is 0 Å². The number of rotatable bonds is 1. The summed E-state index contributed by atoms with van der Waals surface area (Å²) in [6, 6.07) is 0. The molecule has 0 spiro atoms. The van der Waals surface area contributed by atoms with E-state index in [4.69, 9.17) is 0 Å². The van der Waals surface area contributed by atoms with Crippen molar-refractivity contribution in [2.75, 3.05) is 0 Å². The molecule has 4 aliphatic carbocycles. The van der Waals surface area contributed by atoms with Gasteiger partial charge < -0.3 is 0 Å². The second-order valence-electron chi connectivity index (χ2n) is 6.00. The van der Waals surface area contributed by atoms with Crippen molar-refractivity contribution in [3.05, 3.63) is 82.0 Å². The van der Waals surface area contributed by atoms with Gasteiger partial charge in [0.2, 0.25) is 0 Å². The van der Waals surface area contributed by atoms with Gasteiger partial charge in [-0.05, 0) is 45.8 Å². The highest BCUT2D eigenvalue weighted by Gasteiger charge is 2.33. The predicted molar refractivity (Wildman–Crippen MR) is 80.6 cm³/mol. The molecule has 4 aliphatic rings. The Hall–Kier alpha value is -1.82. The standard InChI is InChI=1S/C19H18/c1-12(2)16-10-8-15-7-6-13-4-3-5-14-9-11-17(16)19(15)18(13)14/h3,5-12,19H,4H2,1-2H3. The largest absolute Gasteiger partial charge is 0.0795 e. The molecule has 1 atom stereocenters. The molecule has 0 nitrogen and oxygen atoms in total. The molecule has 1 unspecified atom stereocenters. The number of allylic oxidation sites excluding steroid dienone is 14. The molecule has 0 heterocycles. The van der Waals surface area contributed by atoms with Gasteiger partial charge in [0.25, 0.3) is 0 Å². The lowest BCUT2D eigenvalue weighted by atomic mass is 9.67. The Labute approximate surface area is 114 Å². The average molecular weight is 246 g/mol. The van der Waals surface area contributed by atoms with E-state index in [0.29, 0.717) is 11.8 Å². The Morgan fingerprint density at radius 2 is 1.89 bits per heavy atom. The van der Waals surface area contributed by atoms with Crippen molar-refractivity contribution >= 4 is 0 Å². The van der Waals surface area contributed by atoms with Crippen molar-refractivity contribution in [1.29, 1.82) is 0 Å². The van der Waals surface area contributed by atoms with E-state index in [0.717, 1.165) is 6.42 Å². The first kappa shape index (κ1) is 11.0. The molecule has 94 valence electrons. The summed E-state index contributed by atoms with van der Waals surface area (Å²) < 4.78 is 0. The van der Waals surface area contributed by atoms with E-state index in [1.54, 1.807) is 5.57 Å². The van der Waals surface area contributed by atoms with E-state index in [9.17, 15) is 0 Å². The second-order valence-corrected chi connectivity index (χ2v) is 6.00. The Balaban J connectivity index is 1.98. The predicted octanol–water partition coefficient (Wildman–Crippen LogP) is 4.82. The van der Waals surface area contributed by atoms with Gasteiger partial charge >= 0.3 is 0 Å². The molecular weight excluding hydrogens is 228 g/mol. The molecule has 0 aromatic rings. The summed E-state index contributed by atoms with van der Waals surface area (Å²) in [5, 5.41) is 0. The zero-order valence-electron chi connectivity index (χ0n) is 11.5. The molecule has 0 amide bonds. The number of hydrogen-bond donors (Lipinski definition) is 0. The molecule has 0 fully saturated rings. The zero-order valence-corrected chi connectivity index (χ0v) is 11.5. The zero-order chi connectivity index (χ0) is 13.0. The fourth-order valence-corrected chi connectivity index (χ4v) is 3.65. The lowest BCUT2D eigenvalue weighted by molar-refractivity contribution is 0.734. The van der Waals surface area contributed by atoms with E-state index in [1.165, 1.54) is 27.9 Å². The van der Waals surface area contributed by atoms with E-state index in [1.807, 2.05) is 0 Å². The van der Waals surface area contributed by atoms with E-state index >= 15 is 0 Å². The van der Waals surface area contributed by atoms with Crippen LogP contribution in [0.2, 0.25) is 0 Å². The SMILES string of the molecule is CC(C)C1=C2C=CC3=C4C(=CC=C(C=C1)C24)CC=C3. The first-order chi connectivity index (χ1) is 9.25. The van der Waals surface area contributed by atoms with E-state index < -0.39 is 0 Å². The molecule has 0 saturated heterocycles. The minimum atomic E-state index is 0.493. The van der Waals surface area contributed by atoms with Crippen LogP contribution < -0.4 is 0 Å². The maximum Gasteiger partial charge on any atom is 0.0351 e. The van der Waals surface area contributed by atoms with Crippen molar-refractivity contribution < 1.29 is 0 Å². The Bertz CT molecular complexity index is 667. The van der Waals surface area contributed by atoms with E-state index in [2.05, 4.69) is 62.5 Å². The first-order valence-corrected chi connectivity index (χ1v) is 7.18. The van der Waals surface area contributed by atoms with Gasteiger partial charge in [-0.1, -0.05) is 62.5 Å². The van der Waals surface area contributed by atoms with Crippen LogP contribution in [0.4, 0.5) is 0 Å². The Kier molecular flexibility index (Phi) is 2.23. The molecule has 0 N–H and O–H groups in total. The monoisotopic (exact) mass is 246 g/mol. The van der Waals surface area contributed by atoms with Gasteiger partial charge in [0.05, 0.1) is 0 Å². The minimum Gasteiger partial charge on any atom is -0.0795 e. The maximum absolute atomic E-state index is 2.34. The van der Waals surface area contributed by atoms with Crippen LogP contribution >= 0.6 is 0 Å². The second kappa shape index (κ2) is 3.84. The third-order valence-corrected chi connectivity index (χ3v) is 4.56. The third-order valence-electron chi connectivity index (χ3n) is 4.56. The first-order valence-electron chi connectivity index (χ1n) is 7.18. The summed E-state index contributed by atoms with van der Waals surface area (Å²) in [5.41, 5.74) is 8.95. The topological polar surface area (TPSA) is 0 Å². The summed E-state index contributed by atoms with van der Waals surface area (Å²) in [5.74, 6) is 1.08. The third kappa shape index (κ3) is 1.46. The van der Waals surface area contributed by atoms with Crippen LogP contribution in [0, 0.1) is 11.8 Å². The molecular formula is C19H18. The van der Waals surface area contributed by atoms with Crippen LogP contribution in [0.3, 0.4) is 0 Å². The van der Waals surface area contributed by atoms with Crippen molar-refractivity contribution in [3.8, 4) is 0 Å². The molecule has 0 aliphatic heterocycles.